The van der Waals surface area contributed by atoms with Gasteiger partial charge in [-0.15, -0.1) is 0 Å². The van der Waals surface area contributed by atoms with Gasteiger partial charge in [-0.3, -0.25) is 0 Å². The first kappa shape index (κ1) is 25.5. The van der Waals surface area contributed by atoms with E-state index in [0.29, 0.717) is 0 Å². The molecule has 6 heteroatoms. The maximum absolute atomic E-state index is 2.46. The highest BCUT2D eigenvalue weighted by atomic mass is 32.2. The van der Waals surface area contributed by atoms with Gasteiger partial charge in [0.05, 0.1) is 34.1 Å². The smallest absolute Gasteiger partial charge is 0.0601 e. The molecule has 3 heterocycles. The monoisotopic (exact) mass is 609 g/mol. The molecular weight excluding hydrogens is 583 g/mol. The highest BCUT2D eigenvalue weighted by Gasteiger charge is 2.30. The van der Waals surface area contributed by atoms with E-state index in [1.165, 1.54) is 74.9 Å². The van der Waals surface area contributed by atoms with Gasteiger partial charge in [0.2, 0.25) is 0 Å². The average molecular weight is 610 g/mol. The summed E-state index contributed by atoms with van der Waals surface area (Å²) in [6, 6.07) is 40.1. The first-order valence-corrected chi connectivity index (χ1v) is 17.0. The van der Waals surface area contributed by atoms with Crippen LogP contribution < -0.4 is 14.7 Å². The van der Waals surface area contributed by atoms with Crippen LogP contribution >= 0.6 is 35.3 Å². The van der Waals surface area contributed by atoms with Gasteiger partial charge >= 0.3 is 0 Å². The Morgan fingerprint density at radius 1 is 0.512 bits per heavy atom. The molecule has 0 saturated heterocycles. The Hall–Kier alpha value is -3.97. The minimum Gasteiger partial charge on any atom is -0.343 e. The van der Waals surface area contributed by atoms with E-state index in [2.05, 4.69) is 143 Å². The lowest BCUT2D eigenvalue weighted by atomic mass is 10.1. The molecule has 0 radical (unpaired) electrons. The quantitative estimate of drug-likeness (QED) is 0.192. The van der Waals surface area contributed by atoms with Crippen molar-refractivity contribution in [1.29, 1.82) is 0 Å². The maximum Gasteiger partial charge on any atom is 0.0601 e. The molecule has 4 aliphatic rings. The van der Waals surface area contributed by atoms with E-state index in [9.17, 15) is 0 Å². The SMILES string of the molecule is CN1c2ccc(N3C4=C(CCC=C4)Sc4ccccc43)cc2Sc2cc(N3c4ccccc4Sc4ccccc43)ccc21. The molecule has 208 valence electrons. The van der Waals surface area contributed by atoms with Gasteiger partial charge in [0, 0.05) is 47.8 Å². The van der Waals surface area contributed by atoms with Crippen LogP contribution in [0, 0.1) is 0 Å². The van der Waals surface area contributed by atoms with Crippen molar-refractivity contribution in [2.45, 2.75) is 37.3 Å². The second-order valence-electron chi connectivity index (χ2n) is 11.0. The Morgan fingerprint density at radius 2 is 1.02 bits per heavy atom. The molecule has 0 atom stereocenters. The lowest BCUT2D eigenvalue weighted by molar-refractivity contribution is 0.968. The fourth-order valence-electron chi connectivity index (χ4n) is 6.43. The number of nitrogens with zero attached hydrogens (tertiary/aromatic N) is 3. The Labute approximate surface area is 264 Å². The first-order chi connectivity index (χ1) is 21.2. The molecule has 9 rings (SSSR count). The highest BCUT2D eigenvalue weighted by molar-refractivity contribution is 8.03. The van der Waals surface area contributed by atoms with Gasteiger partial charge in [-0.25, -0.2) is 0 Å². The Morgan fingerprint density at radius 3 is 1.65 bits per heavy atom. The van der Waals surface area contributed by atoms with Crippen molar-refractivity contribution >= 4 is 75.1 Å². The van der Waals surface area contributed by atoms with Gasteiger partial charge in [0.15, 0.2) is 0 Å². The van der Waals surface area contributed by atoms with Gasteiger partial charge in [-0.2, -0.15) is 0 Å². The number of rotatable bonds is 2. The summed E-state index contributed by atoms with van der Waals surface area (Å²) in [6.07, 6.45) is 6.83. The standard InChI is InChI=1S/C37H27N3S3/c1-38-26-20-18-24(39-28-10-2-6-14-32(28)41-33-15-7-3-11-29(33)39)22-36(26)43-37-23-25(19-21-27(37)38)40-30-12-4-8-16-34(30)42-35-17-9-5-13-31(35)40/h2-8,10-16,18-23H,9,17H2,1H3. The molecule has 3 aliphatic heterocycles. The van der Waals surface area contributed by atoms with Crippen molar-refractivity contribution in [2.24, 2.45) is 0 Å². The number of hydrogen-bond donors (Lipinski definition) is 0. The molecule has 43 heavy (non-hydrogen) atoms. The number of allylic oxidation sites excluding steroid dienone is 3. The summed E-state index contributed by atoms with van der Waals surface area (Å²) in [6.45, 7) is 0. The lowest BCUT2D eigenvalue weighted by Crippen LogP contribution is -2.22. The molecular formula is C37H27N3S3. The molecule has 3 nitrogen and oxygen atoms in total. The van der Waals surface area contributed by atoms with Gasteiger partial charge in [-0.05, 0) is 91.7 Å². The first-order valence-electron chi connectivity index (χ1n) is 14.6. The zero-order chi connectivity index (χ0) is 28.5. The third-order valence-corrected chi connectivity index (χ3v) is 11.9. The van der Waals surface area contributed by atoms with Crippen molar-refractivity contribution < 1.29 is 0 Å². The van der Waals surface area contributed by atoms with E-state index in [4.69, 9.17) is 0 Å². The average Bonchev–Trinajstić information content (AvgIpc) is 3.05. The van der Waals surface area contributed by atoms with E-state index in [1.54, 1.807) is 0 Å². The van der Waals surface area contributed by atoms with Crippen LogP contribution in [-0.4, -0.2) is 7.05 Å². The fraction of sp³-hybridized carbons (Fsp3) is 0.0811. The number of benzene rings is 5. The molecule has 0 aromatic heterocycles. The second kappa shape index (κ2) is 10.1. The topological polar surface area (TPSA) is 9.72 Å². The normalized spacial score (nSPS) is 16.2. The minimum atomic E-state index is 1.10. The van der Waals surface area contributed by atoms with Crippen LogP contribution in [0.2, 0.25) is 0 Å². The molecule has 1 aliphatic carbocycles. The number of para-hydroxylation sites is 3. The van der Waals surface area contributed by atoms with Crippen molar-refractivity contribution in [2.75, 3.05) is 21.7 Å². The van der Waals surface area contributed by atoms with Crippen LogP contribution in [0.3, 0.4) is 0 Å². The summed E-state index contributed by atoms with van der Waals surface area (Å²) < 4.78 is 0. The van der Waals surface area contributed by atoms with E-state index in [1.807, 2.05) is 35.3 Å². The van der Waals surface area contributed by atoms with Crippen LogP contribution in [0.15, 0.2) is 156 Å². The highest BCUT2D eigenvalue weighted by Crippen LogP contribution is 2.55. The third kappa shape index (κ3) is 4.08. The Bertz CT molecular complexity index is 1970. The van der Waals surface area contributed by atoms with Gasteiger partial charge in [-0.1, -0.05) is 77.8 Å². The van der Waals surface area contributed by atoms with Gasteiger partial charge in [0.1, 0.15) is 0 Å². The summed E-state index contributed by atoms with van der Waals surface area (Å²) in [5.41, 5.74) is 9.91. The van der Waals surface area contributed by atoms with Crippen LogP contribution in [-0.2, 0) is 0 Å². The Kier molecular flexibility index (Phi) is 5.97. The van der Waals surface area contributed by atoms with Crippen molar-refractivity contribution in [1.82, 2.24) is 0 Å². The molecule has 0 N–H and O–H groups in total. The summed E-state index contributed by atoms with van der Waals surface area (Å²) >= 11 is 5.66. The van der Waals surface area contributed by atoms with Crippen LogP contribution in [0.25, 0.3) is 0 Å². The summed E-state index contributed by atoms with van der Waals surface area (Å²) in [7, 11) is 2.19. The molecule has 0 unspecified atom stereocenters. The lowest BCUT2D eigenvalue weighted by Gasteiger charge is -2.37. The van der Waals surface area contributed by atoms with E-state index < -0.39 is 0 Å². The third-order valence-electron chi connectivity index (χ3n) is 8.46. The van der Waals surface area contributed by atoms with Crippen molar-refractivity contribution in [3.05, 3.63) is 132 Å². The fourth-order valence-corrected chi connectivity index (χ4v) is 9.87. The minimum absolute atomic E-state index is 1.10. The van der Waals surface area contributed by atoms with Gasteiger partial charge < -0.3 is 14.7 Å². The summed E-state index contributed by atoms with van der Waals surface area (Å²) in [4.78, 5) is 15.1. The zero-order valence-electron chi connectivity index (χ0n) is 23.5. The van der Waals surface area contributed by atoms with Gasteiger partial charge in [0.25, 0.3) is 0 Å². The molecule has 0 spiro atoms. The summed E-state index contributed by atoms with van der Waals surface area (Å²) in [5, 5.41) is 0. The summed E-state index contributed by atoms with van der Waals surface area (Å²) in [5.74, 6) is 0. The zero-order valence-corrected chi connectivity index (χ0v) is 26.0. The van der Waals surface area contributed by atoms with Crippen LogP contribution in [0.5, 0.6) is 0 Å². The number of hydrogen-bond acceptors (Lipinski definition) is 6. The molecule has 0 amide bonds. The molecule has 5 aromatic carbocycles. The molecule has 0 saturated carbocycles. The van der Waals surface area contributed by atoms with Crippen LogP contribution in [0.1, 0.15) is 12.8 Å². The van der Waals surface area contributed by atoms with E-state index >= 15 is 0 Å². The largest absolute Gasteiger partial charge is 0.343 e. The van der Waals surface area contributed by atoms with Crippen molar-refractivity contribution in [3.8, 4) is 0 Å². The molecule has 5 aromatic rings. The number of anilines is 7. The molecule has 0 fully saturated rings. The van der Waals surface area contributed by atoms with E-state index in [-0.39, 0.29) is 0 Å². The number of thioether (sulfide) groups is 1. The van der Waals surface area contributed by atoms with Crippen molar-refractivity contribution in [3.63, 3.8) is 0 Å². The predicted molar refractivity (Wildman–Crippen MR) is 184 cm³/mol. The maximum atomic E-state index is 2.46. The molecule has 0 bridgehead atoms. The second-order valence-corrected chi connectivity index (χ2v) is 14.3. The predicted octanol–water partition coefficient (Wildman–Crippen LogP) is 11.7. The van der Waals surface area contributed by atoms with Crippen LogP contribution in [0.4, 0.5) is 39.8 Å². The Balaban J connectivity index is 1.13. The number of fused-ring (bicyclic) bond motifs is 5. The van der Waals surface area contributed by atoms with E-state index in [0.717, 1.165) is 12.8 Å².